The molecule has 120 valence electrons. The molecule has 1 heterocycles. The van der Waals surface area contributed by atoms with Crippen LogP contribution < -0.4 is 14.8 Å². The van der Waals surface area contributed by atoms with Crippen LogP contribution in [0.4, 0.5) is 0 Å². The van der Waals surface area contributed by atoms with Gasteiger partial charge in [-0.05, 0) is 35.4 Å². The second kappa shape index (κ2) is 6.71. The van der Waals surface area contributed by atoms with Gasteiger partial charge in [-0.2, -0.15) is 0 Å². The van der Waals surface area contributed by atoms with E-state index in [0.717, 1.165) is 23.3 Å². The summed E-state index contributed by atoms with van der Waals surface area (Å²) >= 11 is 0. The minimum Gasteiger partial charge on any atom is -0.496 e. The topological polar surface area (TPSA) is 67.8 Å². The quantitative estimate of drug-likeness (QED) is 0.887. The Bertz CT molecular complexity index is 714. The first-order valence-corrected chi connectivity index (χ1v) is 7.54. The number of hydrogen-bond donors (Lipinski definition) is 2. The normalized spacial score (nSPS) is 13.8. The molecule has 5 nitrogen and oxygen atoms in total. The number of aliphatic hydroxyl groups excluding tert-OH is 1. The lowest BCUT2D eigenvalue weighted by molar-refractivity contribution is 0.0913. The Balaban J connectivity index is 1.64. The molecule has 0 spiro atoms. The number of carbonyl (C=O) groups excluding carboxylic acids is 1. The molecule has 1 aliphatic rings. The van der Waals surface area contributed by atoms with E-state index in [0.29, 0.717) is 17.9 Å². The van der Waals surface area contributed by atoms with Crippen molar-refractivity contribution in [2.45, 2.75) is 12.5 Å². The molecular formula is C18H19NO4. The lowest BCUT2D eigenvalue weighted by Gasteiger charge is -2.14. The summed E-state index contributed by atoms with van der Waals surface area (Å²) in [5.74, 6) is 1.11. The van der Waals surface area contributed by atoms with Gasteiger partial charge in [-0.1, -0.05) is 18.2 Å². The highest BCUT2D eigenvalue weighted by Gasteiger charge is 2.17. The van der Waals surface area contributed by atoms with Gasteiger partial charge in [-0.25, -0.2) is 0 Å². The molecule has 0 bridgehead atoms. The van der Waals surface area contributed by atoms with Crippen LogP contribution in [0.5, 0.6) is 11.5 Å². The van der Waals surface area contributed by atoms with Gasteiger partial charge in [-0.15, -0.1) is 0 Å². The molecule has 2 aromatic carbocycles. The van der Waals surface area contributed by atoms with E-state index in [1.165, 1.54) is 7.11 Å². The van der Waals surface area contributed by atoms with Crippen molar-refractivity contribution in [1.29, 1.82) is 0 Å². The summed E-state index contributed by atoms with van der Waals surface area (Å²) in [4.78, 5) is 12.2. The zero-order valence-corrected chi connectivity index (χ0v) is 12.9. The average molecular weight is 313 g/mol. The molecule has 0 aliphatic carbocycles. The zero-order chi connectivity index (χ0) is 16.2. The number of hydrogen-bond acceptors (Lipinski definition) is 4. The number of carbonyl (C=O) groups is 1. The number of rotatable bonds is 5. The van der Waals surface area contributed by atoms with Gasteiger partial charge >= 0.3 is 0 Å². The first-order valence-electron chi connectivity index (χ1n) is 7.54. The van der Waals surface area contributed by atoms with Gasteiger partial charge in [0, 0.05) is 13.0 Å². The maximum absolute atomic E-state index is 12.2. The van der Waals surface area contributed by atoms with Crippen LogP contribution in [-0.4, -0.2) is 31.3 Å². The largest absolute Gasteiger partial charge is 0.496 e. The number of methoxy groups -OCH3 is 1. The first kappa shape index (κ1) is 15.4. The lowest BCUT2D eigenvalue weighted by atomic mass is 10.0. The van der Waals surface area contributed by atoms with Crippen molar-refractivity contribution in [2.75, 3.05) is 20.3 Å². The number of nitrogens with one attached hydrogen (secondary N) is 1. The van der Waals surface area contributed by atoms with Crippen molar-refractivity contribution in [2.24, 2.45) is 0 Å². The standard InChI is InChI=1S/C18H19NO4/c1-22-17-5-3-2-4-14(17)18(21)19-11-15(20)12-6-7-16-13(10-12)8-9-23-16/h2-7,10,15,20H,8-9,11H2,1H3,(H,19,21). The number of aliphatic hydroxyl groups is 1. The molecule has 1 aliphatic heterocycles. The van der Waals surface area contributed by atoms with Crippen molar-refractivity contribution in [1.82, 2.24) is 5.32 Å². The van der Waals surface area contributed by atoms with Crippen LogP contribution in [0, 0.1) is 0 Å². The summed E-state index contributed by atoms with van der Waals surface area (Å²) in [7, 11) is 1.52. The van der Waals surface area contributed by atoms with E-state index in [1.54, 1.807) is 24.3 Å². The number of benzene rings is 2. The second-order valence-corrected chi connectivity index (χ2v) is 5.39. The van der Waals surface area contributed by atoms with Crippen LogP contribution in [-0.2, 0) is 6.42 Å². The number of para-hydroxylation sites is 1. The highest BCUT2D eigenvalue weighted by Crippen LogP contribution is 2.28. The first-order chi connectivity index (χ1) is 11.2. The van der Waals surface area contributed by atoms with Crippen molar-refractivity contribution >= 4 is 5.91 Å². The number of amides is 1. The molecule has 1 atom stereocenters. The molecule has 5 heteroatoms. The fourth-order valence-electron chi connectivity index (χ4n) is 2.65. The van der Waals surface area contributed by atoms with E-state index in [1.807, 2.05) is 18.2 Å². The zero-order valence-electron chi connectivity index (χ0n) is 12.9. The summed E-state index contributed by atoms with van der Waals surface area (Å²) in [5.41, 5.74) is 2.32. The SMILES string of the molecule is COc1ccccc1C(=O)NCC(O)c1ccc2c(c1)CCO2. The van der Waals surface area contributed by atoms with E-state index in [-0.39, 0.29) is 12.5 Å². The van der Waals surface area contributed by atoms with Crippen LogP contribution in [0.3, 0.4) is 0 Å². The van der Waals surface area contributed by atoms with Gasteiger partial charge in [0.05, 0.1) is 25.4 Å². The maximum Gasteiger partial charge on any atom is 0.255 e. The molecule has 0 radical (unpaired) electrons. The van der Waals surface area contributed by atoms with Crippen molar-refractivity contribution in [3.05, 3.63) is 59.2 Å². The predicted molar refractivity (Wildman–Crippen MR) is 85.9 cm³/mol. The summed E-state index contributed by atoms with van der Waals surface area (Å²) in [5, 5.41) is 13.0. The lowest BCUT2D eigenvalue weighted by Crippen LogP contribution is -2.28. The summed E-state index contributed by atoms with van der Waals surface area (Å²) < 4.78 is 10.6. The summed E-state index contributed by atoms with van der Waals surface area (Å²) in [6.07, 6.45) is 0.0864. The molecule has 0 saturated carbocycles. The van der Waals surface area contributed by atoms with Gasteiger partial charge < -0.3 is 19.9 Å². The minimum atomic E-state index is -0.764. The van der Waals surface area contributed by atoms with Crippen LogP contribution in [0.25, 0.3) is 0 Å². The third-order valence-corrected chi connectivity index (χ3v) is 3.91. The van der Waals surface area contributed by atoms with Crippen molar-refractivity contribution in [3.63, 3.8) is 0 Å². The van der Waals surface area contributed by atoms with E-state index < -0.39 is 6.10 Å². The van der Waals surface area contributed by atoms with Gasteiger partial charge in [-0.3, -0.25) is 4.79 Å². The number of fused-ring (bicyclic) bond motifs is 1. The third kappa shape index (κ3) is 3.29. The molecule has 0 fully saturated rings. The van der Waals surface area contributed by atoms with Crippen LogP contribution in [0.15, 0.2) is 42.5 Å². The molecule has 0 saturated heterocycles. The Kier molecular flexibility index (Phi) is 4.48. The molecule has 23 heavy (non-hydrogen) atoms. The van der Waals surface area contributed by atoms with E-state index >= 15 is 0 Å². The highest BCUT2D eigenvalue weighted by molar-refractivity contribution is 5.96. The summed E-state index contributed by atoms with van der Waals surface area (Å²) in [6.45, 7) is 0.815. The molecule has 1 unspecified atom stereocenters. The number of ether oxygens (including phenoxy) is 2. The summed E-state index contributed by atoms with van der Waals surface area (Å²) in [6, 6.07) is 12.6. The molecule has 3 rings (SSSR count). The third-order valence-electron chi connectivity index (χ3n) is 3.91. The predicted octanol–water partition coefficient (Wildman–Crippen LogP) is 2.09. The molecular weight excluding hydrogens is 294 g/mol. The fraction of sp³-hybridized carbons (Fsp3) is 0.278. The van der Waals surface area contributed by atoms with Gasteiger partial charge in [0.2, 0.25) is 0 Å². The second-order valence-electron chi connectivity index (χ2n) is 5.39. The molecule has 2 N–H and O–H groups in total. The Hall–Kier alpha value is -2.53. The van der Waals surface area contributed by atoms with E-state index in [9.17, 15) is 9.90 Å². The molecule has 0 aromatic heterocycles. The van der Waals surface area contributed by atoms with E-state index in [2.05, 4.69) is 5.32 Å². The maximum atomic E-state index is 12.2. The molecule has 2 aromatic rings. The van der Waals surface area contributed by atoms with Gasteiger partial charge in [0.15, 0.2) is 0 Å². The average Bonchev–Trinajstić information content (AvgIpc) is 3.06. The monoisotopic (exact) mass is 313 g/mol. The smallest absolute Gasteiger partial charge is 0.255 e. The Labute approximate surface area is 134 Å². The fourth-order valence-corrected chi connectivity index (χ4v) is 2.65. The Morgan fingerprint density at radius 1 is 1.35 bits per heavy atom. The van der Waals surface area contributed by atoms with Crippen LogP contribution in [0.2, 0.25) is 0 Å². The molecule has 1 amide bonds. The van der Waals surface area contributed by atoms with Crippen LogP contribution >= 0.6 is 0 Å². The van der Waals surface area contributed by atoms with Gasteiger partial charge in [0.1, 0.15) is 11.5 Å². The van der Waals surface area contributed by atoms with Crippen LogP contribution in [0.1, 0.15) is 27.6 Å². The highest BCUT2D eigenvalue weighted by atomic mass is 16.5. The van der Waals surface area contributed by atoms with E-state index in [4.69, 9.17) is 9.47 Å². The van der Waals surface area contributed by atoms with Gasteiger partial charge in [0.25, 0.3) is 5.91 Å². The van der Waals surface area contributed by atoms with Crippen molar-refractivity contribution in [3.8, 4) is 11.5 Å². The Morgan fingerprint density at radius 3 is 3.00 bits per heavy atom. The van der Waals surface area contributed by atoms with Crippen molar-refractivity contribution < 1.29 is 19.4 Å². The Morgan fingerprint density at radius 2 is 2.17 bits per heavy atom. The minimum absolute atomic E-state index is 0.135.